The maximum atomic E-state index is 14.3. The highest BCUT2D eigenvalue weighted by Gasteiger charge is 2.22. The zero-order valence-corrected chi connectivity index (χ0v) is 12.4. The normalized spacial score (nSPS) is 16.1. The van der Waals surface area contributed by atoms with Crippen LogP contribution in [0.4, 0.5) is 10.1 Å². The van der Waals surface area contributed by atoms with Gasteiger partial charge in [0.05, 0.1) is 5.69 Å². The molecule has 0 spiro atoms. The van der Waals surface area contributed by atoms with E-state index in [-0.39, 0.29) is 11.9 Å². The second kappa shape index (κ2) is 5.54. The summed E-state index contributed by atoms with van der Waals surface area (Å²) in [4.78, 5) is 3.59. The fraction of sp³-hybridized carbons (Fsp3) is 0.375. The summed E-state index contributed by atoms with van der Waals surface area (Å²) in [6, 6.07) is 7.50. The number of fused-ring (bicyclic) bond motifs is 1. The average molecular weight is 290 g/mol. The second-order valence-corrected chi connectivity index (χ2v) is 6.47. The van der Waals surface area contributed by atoms with Gasteiger partial charge in [-0.2, -0.15) is 0 Å². The van der Waals surface area contributed by atoms with Crippen LogP contribution in [-0.2, 0) is 19.4 Å². The number of rotatable bonds is 3. The summed E-state index contributed by atoms with van der Waals surface area (Å²) in [6.45, 7) is 3.63. The Kier molecular flexibility index (Phi) is 3.76. The first-order valence-corrected chi connectivity index (χ1v) is 7.86. The minimum atomic E-state index is -0.137. The SMILES string of the molecule is CC(N)Cc1cccc(F)c1N1CCc2sccc2C1. The van der Waals surface area contributed by atoms with Crippen LogP contribution in [0.2, 0.25) is 0 Å². The average Bonchev–Trinajstić information content (AvgIpc) is 2.85. The number of anilines is 1. The minimum Gasteiger partial charge on any atom is -0.364 e. The summed E-state index contributed by atoms with van der Waals surface area (Å²) in [5, 5.41) is 2.12. The van der Waals surface area contributed by atoms with Crippen molar-refractivity contribution in [3.63, 3.8) is 0 Å². The lowest BCUT2D eigenvalue weighted by Gasteiger charge is -2.31. The van der Waals surface area contributed by atoms with Gasteiger partial charge in [-0.25, -0.2) is 4.39 Å². The molecule has 0 saturated heterocycles. The van der Waals surface area contributed by atoms with E-state index in [1.807, 2.05) is 13.0 Å². The van der Waals surface area contributed by atoms with E-state index in [0.29, 0.717) is 6.42 Å². The first-order valence-electron chi connectivity index (χ1n) is 6.98. The van der Waals surface area contributed by atoms with Crippen LogP contribution in [0.25, 0.3) is 0 Å². The predicted molar refractivity (Wildman–Crippen MR) is 82.8 cm³/mol. The summed E-state index contributed by atoms with van der Waals surface area (Å²) in [7, 11) is 0. The van der Waals surface area contributed by atoms with Gasteiger partial charge in [-0.15, -0.1) is 11.3 Å². The molecule has 1 aromatic carbocycles. The lowest BCUT2D eigenvalue weighted by molar-refractivity contribution is 0.605. The molecule has 2 aromatic rings. The Hall–Kier alpha value is -1.39. The van der Waals surface area contributed by atoms with E-state index in [2.05, 4.69) is 16.3 Å². The third-order valence-corrected chi connectivity index (χ3v) is 4.76. The molecule has 0 aliphatic carbocycles. The number of halogens is 1. The van der Waals surface area contributed by atoms with Crippen LogP contribution in [0.5, 0.6) is 0 Å². The van der Waals surface area contributed by atoms with Gasteiger partial charge < -0.3 is 10.6 Å². The Morgan fingerprint density at radius 3 is 3.05 bits per heavy atom. The van der Waals surface area contributed by atoms with Gasteiger partial charge in [0, 0.05) is 24.0 Å². The van der Waals surface area contributed by atoms with Crippen molar-refractivity contribution < 1.29 is 4.39 Å². The lowest BCUT2D eigenvalue weighted by atomic mass is 10.0. The quantitative estimate of drug-likeness (QED) is 0.939. The van der Waals surface area contributed by atoms with Gasteiger partial charge in [0.15, 0.2) is 0 Å². The van der Waals surface area contributed by atoms with Crippen LogP contribution in [0.3, 0.4) is 0 Å². The largest absolute Gasteiger partial charge is 0.364 e. The van der Waals surface area contributed by atoms with Gasteiger partial charge >= 0.3 is 0 Å². The Morgan fingerprint density at radius 2 is 2.25 bits per heavy atom. The number of hydrogen-bond acceptors (Lipinski definition) is 3. The highest BCUT2D eigenvalue weighted by molar-refractivity contribution is 7.10. The molecule has 2 nitrogen and oxygen atoms in total. The van der Waals surface area contributed by atoms with Gasteiger partial charge in [-0.3, -0.25) is 0 Å². The van der Waals surface area contributed by atoms with E-state index >= 15 is 0 Å². The number of benzene rings is 1. The summed E-state index contributed by atoms with van der Waals surface area (Å²) in [6.07, 6.45) is 1.71. The van der Waals surface area contributed by atoms with E-state index in [1.54, 1.807) is 23.5 Å². The first-order chi connectivity index (χ1) is 9.65. The molecule has 0 fully saturated rings. The molecule has 0 amide bonds. The molecular formula is C16H19FN2S. The van der Waals surface area contributed by atoms with Crippen molar-refractivity contribution in [1.29, 1.82) is 0 Å². The molecule has 3 rings (SSSR count). The van der Waals surface area contributed by atoms with E-state index in [1.165, 1.54) is 10.4 Å². The van der Waals surface area contributed by atoms with Crippen molar-refractivity contribution in [3.8, 4) is 0 Å². The summed E-state index contributed by atoms with van der Waals surface area (Å²) in [5.74, 6) is -0.137. The fourth-order valence-electron chi connectivity index (χ4n) is 2.87. The summed E-state index contributed by atoms with van der Waals surface area (Å²) < 4.78 is 14.3. The topological polar surface area (TPSA) is 29.3 Å². The molecule has 4 heteroatoms. The van der Waals surface area contributed by atoms with E-state index in [4.69, 9.17) is 5.73 Å². The Balaban J connectivity index is 1.94. The van der Waals surface area contributed by atoms with Crippen LogP contribution in [0.1, 0.15) is 22.9 Å². The molecule has 1 unspecified atom stereocenters. The third-order valence-electron chi connectivity index (χ3n) is 3.74. The molecule has 106 valence electrons. The molecule has 1 aliphatic heterocycles. The smallest absolute Gasteiger partial charge is 0.146 e. The van der Waals surface area contributed by atoms with Crippen molar-refractivity contribution in [2.75, 3.05) is 11.4 Å². The van der Waals surface area contributed by atoms with Crippen LogP contribution >= 0.6 is 11.3 Å². The molecule has 0 saturated carbocycles. The number of thiophene rings is 1. The van der Waals surface area contributed by atoms with E-state index < -0.39 is 0 Å². The van der Waals surface area contributed by atoms with Gasteiger partial charge in [0.1, 0.15) is 5.82 Å². The maximum absolute atomic E-state index is 14.3. The molecule has 0 radical (unpaired) electrons. The summed E-state index contributed by atoms with van der Waals surface area (Å²) in [5.41, 5.74) is 8.97. The third kappa shape index (κ3) is 2.58. The molecule has 2 heterocycles. The van der Waals surface area contributed by atoms with E-state index in [9.17, 15) is 4.39 Å². The fourth-order valence-corrected chi connectivity index (χ4v) is 3.75. The Morgan fingerprint density at radius 1 is 1.40 bits per heavy atom. The molecule has 0 bridgehead atoms. The van der Waals surface area contributed by atoms with E-state index in [0.717, 1.165) is 30.8 Å². The minimum absolute atomic E-state index is 0.0389. The first kappa shape index (κ1) is 13.6. The Labute approximate surface area is 123 Å². The standard InChI is InChI=1S/C16H19FN2S/c1-11(18)9-12-3-2-4-14(17)16(12)19-7-5-15-13(10-19)6-8-20-15/h2-4,6,8,11H,5,7,9-10,18H2,1H3. The van der Waals surface area contributed by atoms with Gasteiger partial charge in [0.25, 0.3) is 0 Å². The molecular weight excluding hydrogens is 271 g/mol. The lowest BCUT2D eigenvalue weighted by Crippen LogP contribution is -2.31. The Bertz CT molecular complexity index is 606. The number of nitrogens with two attached hydrogens (primary N) is 1. The summed E-state index contributed by atoms with van der Waals surface area (Å²) >= 11 is 1.80. The molecule has 20 heavy (non-hydrogen) atoms. The van der Waals surface area contributed by atoms with Gasteiger partial charge in [-0.1, -0.05) is 12.1 Å². The zero-order chi connectivity index (χ0) is 14.1. The van der Waals surface area contributed by atoms with Crippen molar-refractivity contribution in [2.24, 2.45) is 5.73 Å². The molecule has 1 aliphatic rings. The number of nitrogens with zero attached hydrogens (tertiary/aromatic N) is 1. The highest BCUT2D eigenvalue weighted by atomic mass is 32.1. The van der Waals surface area contributed by atoms with Crippen molar-refractivity contribution in [1.82, 2.24) is 0 Å². The van der Waals surface area contributed by atoms with Crippen LogP contribution in [0, 0.1) is 5.82 Å². The number of hydrogen-bond donors (Lipinski definition) is 1. The van der Waals surface area contributed by atoms with Gasteiger partial charge in [-0.05, 0) is 48.4 Å². The molecule has 2 N–H and O–H groups in total. The predicted octanol–water partition coefficient (Wildman–Crippen LogP) is 3.34. The monoisotopic (exact) mass is 290 g/mol. The van der Waals surface area contributed by atoms with Gasteiger partial charge in [0.2, 0.25) is 0 Å². The second-order valence-electron chi connectivity index (χ2n) is 5.47. The highest BCUT2D eigenvalue weighted by Crippen LogP contribution is 2.32. The maximum Gasteiger partial charge on any atom is 0.146 e. The van der Waals surface area contributed by atoms with Crippen LogP contribution in [0.15, 0.2) is 29.6 Å². The van der Waals surface area contributed by atoms with Crippen LogP contribution < -0.4 is 10.6 Å². The molecule has 1 aromatic heterocycles. The van der Waals surface area contributed by atoms with Crippen molar-refractivity contribution >= 4 is 17.0 Å². The van der Waals surface area contributed by atoms with Crippen molar-refractivity contribution in [2.45, 2.75) is 32.4 Å². The number of para-hydroxylation sites is 1. The molecule has 1 atom stereocenters. The zero-order valence-electron chi connectivity index (χ0n) is 11.6. The van der Waals surface area contributed by atoms with Crippen molar-refractivity contribution in [3.05, 3.63) is 51.5 Å². The van der Waals surface area contributed by atoms with Crippen LogP contribution in [-0.4, -0.2) is 12.6 Å².